The molecule has 2 N–H and O–H groups in total. The molecule has 15 heavy (non-hydrogen) atoms. The second-order valence-electron chi connectivity index (χ2n) is 3.25. The summed E-state index contributed by atoms with van der Waals surface area (Å²) in [5.74, 6) is 0.678. The molecule has 0 saturated heterocycles. The van der Waals surface area contributed by atoms with Gasteiger partial charge in [-0.1, -0.05) is 0 Å². The Hall–Kier alpha value is -1.07. The Kier molecular flexibility index (Phi) is 4.58. The highest BCUT2D eigenvalue weighted by molar-refractivity contribution is 7.12. The van der Waals surface area contributed by atoms with Crippen LogP contribution < -0.4 is 15.4 Å². The van der Waals surface area contributed by atoms with E-state index in [0.717, 1.165) is 5.75 Å². The van der Waals surface area contributed by atoms with Crippen molar-refractivity contribution in [1.82, 2.24) is 10.6 Å². The predicted octanol–water partition coefficient (Wildman–Crippen LogP) is 1.09. The molecule has 0 aliphatic rings. The van der Waals surface area contributed by atoms with Crippen molar-refractivity contribution in [2.24, 2.45) is 0 Å². The molecule has 1 atom stereocenters. The Morgan fingerprint density at radius 3 is 2.93 bits per heavy atom. The quantitative estimate of drug-likeness (QED) is 0.793. The first-order chi connectivity index (χ1) is 7.17. The molecule has 4 nitrogen and oxygen atoms in total. The summed E-state index contributed by atoms with van der Waals surface area (Å²) in [4.78, 5) is 12.3. The molecule has 0 aromatic carbocycles. The van der Waals surface area contributed by atoms with Crippen LogP contribution in [0.2, 0.25) is 0 Å². The van der Waals surface area contributed by atoms with Crippen LogP contribution in [0.25, 0.3) is 0 Å². The van der Waals surface area contributed by atoms with Crippen LogP contribution in [0.1, 0.15) is 16.6 Å². The number of likely N-dealkylation sites (N-methyl/N-ethyl adjacent to an activating group) is 1. The van der Waals surface area contributed by atoms with Crippen LogP contribution in [0.3, 0.4) is 0 Å². The molecule has 1 heterocycles. The highest BCUT2D eigenvalue weighted by Crippen LogP contribution is 2.20. The highest BCUT2D eigenvalue weighted by atomic mass is 32.1. The van der Waals surface area contributed by atoms with Crippen LogP contribution >= 0.6 is 11.3 Å². The van der Waals surface area contributed by atoms with Gasteiger partial charge in [0.25, 0.3) is 5.91 Å². The molecule has 0 saturated carbocycles. The smallest absolute Gasteiger partial charge is 0.261 e. The minimum atomic E-state index is -0.0506. The van der Waals surface area contributed by atoms with E-state index in [-0.39, 0.29) is 11.9 Å². The number of methoxy groups -OCH3 is 1. The zero-order chi connectivity index (χ0) is 11.3. The van der Waals surface area contributed by atoms with Gasteiger partial charge in [0, 0.05) is 24.0 Å². The number of hydrogen-bond donors (Lipinski definition) is 2. The summed E-state index contributed by atoms with van der Waals surface area (Å²) >= 11 is 1.38. The maximum atomic E-state index is 11.6. The van der Waals surface area contributed by atoms with E-state index in [1.54, 1.807) is 13.2 Å². The van der Waals surface area contributed by atoms with Crippen molar-refractivity contribution in [1.29, 1.82) is 0 Å². The van der Waals surface area contributed by atoms with Gasteiger partial charge in [0.15, 0.2) is 0 Å². The lowest BCUT2D eigenvalue weighted by Crippen LogP contribution is -2.36. The number of nitrogens with one attached hydrogen (secondary N) is 2. The van der Waals surface area contributed by atoms with Gasteiger partial charge in [-0.25, -0.2) is 0 Å². The van der Waals surface area contributed by atoms with Crippen molar-refractivity contribution < 1.29 is 9.53 Å². The van der Waals surface area contributed by atoms with Crippen molar-refractivity contribution in [3.8, 4) is 5.75 Å². The zero-order valence-corrected chi connectivity index (χ0v) is 9.98. The summed E-state index contributed by atoms with van der Waals surface area (Å²) in [5, 5.41) is 7.71. The Balaban J connectivity index is 2.46. The number of amides is 1. The van der Waals surface area contributed by atoms with Crippen LogP contribution in [0, 0.1) is 0 Å². The van der Waals surface area contributed by atoms with Crippen LogP contribution in [-0.2, 0) is 0 Å². The van der Waals surface area contributed by atoms with Crippen LogP contribution in [0.15, 0.2) is 11.4 Å². The summed E-state index contributed by atoms with van der Waals surface area (Å²) in [5.41, 5.74) is 0. The Bertz CT molecular complexity index is 325. The molecule has 0 bridgehead atoms. The van der Waals surface area contributed by atoms with Gasteiger partial charge in [-0.2, -0.15) is 0 Å². The van der Waals surface area contributed by atoms with Crippen molar-refractivity contribution in [2.75, 3.05) is 20.7 Å². The predicted molar refractivity (Wildman–Crippen MR) is 61.7 cm³/mol. The molecule has 1 amide bonds. The summed E-state index contributed by atoms with van der Waals surface area (Å²) < 4.78 is 5.01. The topological polar surface area (TPSA) is 50.4 Å². The number of thiophene rings is 1. The van der Waals surface area contributed by atoms with Gasteiger partial charge in [0.2, 0.25) is 0 Å². The Morgan fingerprint density at radius 1 is 1.67 bits per heavy atom. The Labute approximate surface area is 93.6 Å². The standard InChI is InChI=1S/C10H16N2O2S/c1-7(11-2)5-12-10(13)9-4-8(14-3)6-15-9/h4,6-7,11H,5H2,1-3H3,(H,12,13). The fraction of sp³-hybridized carbons (Fsp3) is 0.500. The SMILES string of the molecule is CNC(C)CNC(=O)c1cc(OC)cs1. The van der Waals surface area contributed by atoms with Gasteiger partial charge in [0.1, 0.15) is 5.75 Å². The first-order valence-electron chi connectivity index (χ1n) is 4.75. The lowest BCUT2D eigenvalue weighted by molar-refractivity contribution is 0.0954. The van der Waals surface area contributed by atoms with Crippen LogP contribution in [-0.4, -0.2) is 32.7 Å². The van der Waals surface area contributed by atoms with Crippen molar-refractivity contribution in [3.05, 3.63) is 16.3 Å². The van der Waals surface area contributed by atoms with E-state index in [0.29, 0.717) is 11.4 Å². The van der Waals surface area contributed by atoms with E-state index in [2.05, 4.69) is 10.6 Å². The molecular weight excluding hydrogens is 212 g/mol. The van der Waals surface area contributed by atoms with E-state index >= 15 is 0 Å². The minimum absolute atomic E-state index is 0.0506. The van der Waals surface area contributed by atoms with Crippen molar-refractivity contribution in [2.45, 2.75) is 13.0 Å². The maximum Gasteiger partial charge on any atom is 0.261 e. The maximum absolute atomic E-state index is 11.6. The van der Waals surface area contributed by atoms with E-state index in [1.807, 2.05) is 19.4 Å². The number of carbonyl (C=O) groups is 1. The second kappa shape index (κ2) is 5.72. The van der Waals surface area contributed by atoms with Gasteiger partial charge >= 0.3 is 0 Å². The average Bonchev–Trinajstić information content (AvgIpc) is 2.73. The molecule has 0 aliphatic heterocycles. The molecule has 0 spiro atoms. The van der Waals surface area contributed by atoms with Gasteiger partial charge in [-0.15, -0.1) is 11.3 Å². The van der Waals surface area contributed by atoms with Crippen molar-refractivity contribution in [3.63, 3.8) is 0 Å². The average molecular weight is 228 g/mol. The third-order valence-corrected chi connectivity index (χ3v) is 3.00. The first kappa shape index (κ1) is 12.0. The fourth-order valence-electron chi connectivity index (χ4n) is 0.980. The number of hydrogen-bond acceptors (Lipinski definition) is 4. The van der Waals surface area contributed by atoms with Crippen molar-refractivity contribution >= 4 is 17.2 Å². The zero-order valence-electron chi connectivity index (χ0n) is 9.16. The lowest BCUT2D eigenvalue weighted by Gasteiger charge is -2.10. The number of rotatable bonds is 5. The number of ether oxygens (including phenoxy) is 1. The summed E-state index contributed by atoms with van der Waals surface area (Å²) in [6.45, 7) is 2.63. The minimum Gasteiger partial charge on any atom is -0.496 e. The van der Waals surface area contributed by atoms with Crippen LogP contribution in [0.5, 0.6) is 5.75 Å². The van der Waals surface area contributed by atoms with Crippen LogP contribution in [0.4, 0.5) is 0 Å². The van der Waals surface area contributed by atoms with Gasteiger partial charge < -0.3 is 15.4 Å². The largest absolute Gasteiger partial charge is 0.496 e. The van der Waals surface area contributed by atoms with E-state index in [1.165, 1.54) is 11.3 Å². The van der Waals surface area contributed by atoms with Gasteiger partial charge in [-0.05, 0) is 14.0 Å². The molecule has 1 aromatic heterocycles. The molecule has 84 valence electrons. The Morgan fingerprint density at radius 2 is 2.40 bits per heavy atom. The monoisotopic (exact) mass is 228 g/mol. The first-order valence-corrected chi connectivity index (χ1v) is 5.63. The molecule has 1 rings (SSSR count). The molecule has 1 unspecified atom stereocenters. The summed E-state index contributed by atoms with van der Waals surface area (Å²) in [6.07, 6.45) is 0. The molecule has 0 radical (unpaired) electrons. The third-order valence-electron chi connectivity index (χ3n) is 2.10. The molecule has 0 aliphatic carbocycles. The normalized spacial score (nSPS) is 12.2. The molecule has 5 heteroatoms. The summed E-state index contributed by atoms with van der Waals surface area (Å²) in [7, 11) is 3.46. The van der Waals surface area contributed by atoms with Gasteiger partial charge in [-0.3, -0.25) is 4.79 Å². The lowest BCUT2D eigenvalue weighted by atomic mass is 10.3. The molecule has 0 fully saturated rings. The van der Waals surface area contributed by atoms with E-state index in [9.17, 15) is 4.79 Å². The van der Waals surface area contributed by atoms with E-state index < -0.39 is 0 Å². The number of carbonyl (C=O) groups excluding carboxylic acids is 1. The van der Waals surface area contributed by atoms with Gasteiger partial charge in [0.05, 0.1) is 12.0 Å². The highest BCUT2D eigenvalue weighted by Gasteiger charge is 2.09. The molecular formula is C10H16N2O2S. The fourth-order valence-corrected chi connectivity index (χ4v) is 1.75. The third kappa shape index (κ3) is 3.53. The van der Waals surface area contributed by atoms with E-state index in [4.69, 9.17) is 4.74 Å². The second-order valence-corrected chi connectivity index (χ2v) is 4.16. The molecule has 1 aromatic rings. The summed E-state index contributed by atoms with van der Waals surface area (Å²) in [6, 6.07) is 2.01.